The standard InChI is InChI=1S/C17H19NO2S/c1-18-14-4-2-13(7-9-20)11-17(14)21-16-5-3-12(6-8-19)10-15(16)18/h2-5,10-11,19-20H,6-9H2,1H3. The van der Waals surface area contributed by atoms with Gasteiger partial charge in [0.25, 0.3) is 0 Å². The Bertz CT molecular complexity index is 657. The summed E-state index contributed by atoms with van der Waals surface area (Å²) in [4.78, 5) is 4.66. The van der Waals surface area contributed by atoms with E-state index in [0.29, 0.717) is 12.8 Å². The van der Waals surface area contributed by atoms with Gasteiger partial charge >= 0.3 is 0 Å². The van der Waals surface area contributed by atoms with Gasteiger partial charge < -0.3 is 15.1 Å². The Kier molecular flexibility index (Phi) is 4.19. The molecule has 0 bridgehead atoms. The molecule has 0 spiro atoms. The van der Waals surface area contributed by atoms with Gasteiger partial charge in [-0.15, -0.1) is 0 Å². The molecule has 0 radical (unpaired) electrons. The Morgan fingerprint density at radius 1 is 0.857 bits per heavy atom. The second kappa shape index (κ2) is 6.10. The fourth-order valence-electron chi connectivity index (χ4n) is 2.65. The molecular formula is C17H19NO2S. The number of aliphatic hydroxyl groups excluding tert-OH is 2. The van der Waals surface area contributed by atoms with Gasteiger partial charge in [0.1, 0.15) is 0 Å². The van der Waals surface area contributed by atoms with Crippen molar-refractivity contribution in [3.05, 3.63) is 47.5 Å². The van der Waals surface area contributed by atoms with E-state index in [0.717, 1.165) is 11.1 Å². The molecule has 110 valence electrons. The van der Waals surface area contributed by atoms with Gasteiger partial charge in [-0.05, 0) is 48.2 Å². The Balaban J connectivity index is 1.97. The highest BCUT2D eigenvalue weighted by Gasteiger charge is 2.21. The van der Waals surface area contributed by atoms with Crippen LogP contribution in [-0.2, 0) is 12.8 Å². The van der Waals surface area contributed by atoms with Crippen LogP contribution in [0, 0.1) is 0 Å². The van der Waals surface area contributed by atoms with E-state index in [1.807, 2.05) is 0 Å². The summed E-state index contributed by atoms with van der Waals surface area (Å²) in [5, 5.41) is 18.2. The van der Waals surface area contributed by atoms with Crippen LogP contribution in [0.2, 0.25) is 0 Å². The van der Waals surface area contributed by atoms with E-state index < -0.39 is 0 Å². The average molecular weight is 301 g/mol. The number of hydrogen-bond donors (Lipinski definition) is 2. The molecule has 2 aromatic rings. The number of fused-ring (bicyclic) bond motifs is 2. The summed E-state index contributed by atoms with van der Waals surface area (Å²) < 4.78 is 0. The highest BCUT2D eigenvalue weighted by atomic mass is 32.2. The summed E-state index contributed by atoms with van der Waals surface area (Å²) in [6, 6.07) is 12.7. The van der Waals surface area contributed by atoms with Gasteiger partial charge in [-0.25, -0.2) is 0 Å². The van der Waals surface area contributed by atoms with Crippen LogP contribution >= 0.6 is 11.8 Å². The average Bonchev–Trinajstić information content (AvgIpc) is 2.49. The van der Waals surface area contributed by atoms with Gasteiger partial charge in [0.05, 0.1) is 11.4 Å². The van der Waals surface area contributed by atoms with Crippen molar-refractivity contribution in [1.29, 1.82) is 0 Å². The maximum Gasteiger partial charge on any atom is 0.0553 e. The maximum atomic E-state index is 9.09. The topological polar surface area (TPSA) is 43.7 Å². The molecule has 0 saturated carbocycles. The molecule has 0 amide bonds. The minimum atomic E-state index is 0.177. The molecule has 4 heteroatoms. The molecule has 1 heterocycles. The zero-order valence-electron chi connectivity index (χ0n) is 12.0. The van der Waals surface area contributed by atoms with E-state index in [1.165, 1.54) is 21.2 Å². The van der Waals surface area contributed by atoms with E-state index in [1.54, 1.807) is 11.8 Å². The summed E-state index contributed by atoms with van der Waals surface area (Å²) in [5.41, 5.74) is 4.70. The molecule has 1 aliphatic rings. The molecule has 0 saturated heterocycles. The molecule has 21 heavy (non-hydrogen) atoms. The molecule has 2 N–H and O–H groups in total. The lowest BCUT2D eigenvalue weighted by Crippen LogP contribution is -2.15. The molecule has 1 aliphatic heterocycles. The van der Waals surface area contributed by atoms with Crippen molar-refractivity contribution in [2.24, 2.45) is 0 Å². The number of nitrogens with zero attached hydrogens (tertiary/aromatic N) is 1. The van der Waals surface area contributed by atoms with Crippen molar-refractivity contribution >= 4 is 23.1 Å². The van der Waals surface area contributed by atoms with E-state index >= 15 is 0 Å². The van der Waals surface area contributed by atoms with Crippen molar-refractivity contribution in [2.75, 3.05) is 25.2 Å². The minimum absolute atomic E-state index is 0.177. The zero-order chi connectivity index (χ0) is 14.8. The lowest BCUT2D eigenvalue weighted by Gasteiger charge is -2.30. The summed E-state index contributed by atoms with van der Waals surface area (Å²) in [6.07, 6.45) is 1.38. The van der Waals surface area contributed by atoms with E-state index in [9.17, 15) is 0 Å². The van der Waals surface area contributed by atoms with Crippen LogP contribution in [0.25, 0.3) is 0 Å². The summed E-state index contributed by atoms with van der Waals surface area (Å²) in [5.74, 6) is 0. The van der Waals surface area contributed by atoms with Crippen LogP contribution in [0.3, 0.4) is 0 Å². The lowest BCUT2D eigenvalue weighted by molar-refractivity contribution is 0.299. The van der Waals surface area contributed by atoms with Crippen LogP contribution in [0.5, 0.6) is 0 Å². The second-order valence-electron chi connectivity index (χ2n) is 5.21. The highest BCUT2D eigenvalue weighted by molar-refractivity contribution is 7.99. The number of benzene rings is 2. The third-order valence-electron chi connectivity index (χ3n) is 3.79. The van der Waals surface area contributed by atoms with Gasteiger partial charge in [-0.2, -0.15) is 0 Å². The van der Waals surface area contributed by atoms with Crippen LogP contribution in [0.4, 0.5) is 11.4 Å². The van der Waals surface area contributed by atoms with E-state index in [4.69, 9.17) is 10.2 Å². The largest absolute Gasteiger partial charge is 0.396 e. The van der Waals surface area contributed by atoms with Crippen molar-refractivity contribution in [3.63, 3.8) is 0 Å². The van der Waals surface area contributed by atoms with Crippen LogP contribution in [0.15, 0.2) is 46.2 Å². The fourth-order valence-corrected chi connectivity index (χ4v) is 3.84. The molecule has 0 aliphatic carbocycles. The Morgan fingerprint density at radius 2 is 1.52 bits per heavy atom. The van der Waals surface area contributed by atoms with Crippen molar-refractivity contribution < 1.29 is 10.2 Å². The summed E-state index contributed by atoms with van der Waals surface area (Å²) >= 11 is 1.77. The molecule has 2 aromatic carbocycles. The van der Waals surface area contributed by atoms with E-state index in [-0.39, 0.29) is 13.2 Å². The minimum Gasteiger partial charge on any atom is -0.396 e. The Labute approximate surface area is 129 Å². The molecule has 0 fully saturated rings. The fraction of sp³-hybridized carbons (Fsp3) is 0.294. The smallest absolute Gasteiger partial charge is 0.0553 e. The number of hydrogen-bond acceptors (Lipinski definition) is 4. The van der Waals surface area contributed by atoms with Crippen molar-refractivity contribution in [3.8, 4) is 0 Å². The van der Waals surface area contributed by atoms with Crippen molar-refractivity contribution in [2.45, 2.75) is 22.6 Å². The quantitative estimate of drug-likeness (QED) is 0.911. The first-order chi connectivity index (χ1) is 10.2. The van der Waals surface area contributed by atoms with Gasteiger partial charge in [-0.1, -0.05) is 23.9 Å². The van der Waals surface area contributed by atoms with Crippen molar-refractivity contribution in [1.82, 2.24) is 0 Å². The van der Waals surface area contributed by atoms with Crippen LogP contribution in [0.1, 0.15) is 11.1 Å². The lowest BCUT2D eigenvalue weighted by atomic mass is 10.1. The molecule has 0 aromatic heterocycles. The molecule has 3 rings (SSSR count). The first-order valence-electron chi connectivity index (χ1n) is 7.12. The summed E-state index contributed by atoms with van der Waals surface area (Å²) in [7, 11) is 2.08. The maximum absolute atomic E-state index is 9.09. The molecule has 3 nitrogen and oxygen atoms in total. The Morgan fingerprint density at radius 3 is 2.24 bits per heavy atom. The second-order valence-corrected chi connectivity index (χ2v) is 6.30. The molecule has 0 atom stereocenters. The molecule has 0 unspecified atom stereocenters. The first kappa shape index (κ1) is 14.4. The number of anilines is 2. The molecular weight excluding hydrogens is 282 g/mol. The van der Waals surface area contributed by atoms with Gasteiger partial charge in [0, 0.05) is 30.1 Å². The highest BCUT2D eigenvalue weighted by Crippen LogP contribution is 2.47. The van der Waals surface area contributed by atoms with E-state index in [2.05, 4.69) is 48.3 Å². The van der Waals surface area contributed by atoms with Gasteiger partial charge in [-0.3, -0.25) is 0 Å². The van der Waals surface area contributed by atoms with Crippen LogP contribution < -0.4 is 4.90 Å². The first-order valence-corrected chi connectivity index (χ1v) is 7.93. The number of aliphatic hydroxyl groups is 2. The van der Waals surface area contributed by atoms with Crippen LogP contribution in [-0.4, -0.2) is 30.5 Å². The van der Waals surface area contributed by atoms with Gasteiger partial charge in [0.15, 0.2) is 0 Å². The number of rotatable bonds is 4. The normalized spacial score (nSPS) is 13.0. The summed E-state index contributed by atoms with van der Waals surface area (Å²) in [6.45, 7) is 0.358. The predicted octanol–water partition coefficient (Wildman–Crippen LogP) is 2.99. The Hall–Kier alpha value is -1.49. The predicted molar refractivity (Wildman–Crippen MR) is 86.6 cm³/mol. The van der Waals surface area contributed by atoms with Gasteiger partial charge in [0.2, 0.25) is 0 Å². The third-order valence-corrected chi connectivity index (χ3v) is 4.90. The SMILES string of the molecule is CN1c2ccc(CCO)cc2Sc2ccc(CCO)cc21. The zero-order valence-corrected chi connectivity index (χ0v) is 12.9. The monoisotopic (exact) mass is 301 g/mol. The third kappa shape index (κ3) is 2.79.